The number of primary amides is 1. The zero-order valence-electron chi connectivity index (χ0n) is 21.6. The fourth-order valence-corrected chi connectivity index (χ4v) is 4.84. The van der Waals surface area contributed by atoms with Crippen LogP contribution in [-0.4, -0.2) is 56.0 Å². The lowest BCUT2D eigenvalue weighted by molar-refractivity contribution is 0.100. The van der Waals surface area contributed by atoms with Crippen LogP contribution in [0.25, 0.3) is 0 Å². The summed E-state index contributed by atoms with van der Waals surface area (Å²) in [6, 6.07) is 10.7. The SMILES string of the molecule is CCOc1cc(CC)ccc1OCCNC(C)Cc1cc2c(c(C(N)=O)c1)N(CCCO)C(C)C2. The van der Waals surface area contributed by atoms with E-state index in [9.17, 15) is 9.90 Å². The highest BCUT2D eigenvalue weighted by Crippen LogP contribution is 2.37. The van der Waals surface area contributed by atoms with E-state index in [-0.39, 0.29) is 18.7 Å². The smallest absolute Gasteiger partial charge is 0.250 e. The number of benzene rings is 2. The summed E-state index contributed by atoms with van der Waals surface area (Å²) in [5.41, 5.74) is 10.8. The molecule has 0 saturated heterocycles. The van der Waals surface area contributed by atoms with Gasteiger partial charge in [0.1, 0.15) is 6.61 Å². The van der Waals surface area contributed by atoms with E-state index in [1.165, 1.54) is 5.56 Å². The number of amides is 1. The second-order valence-electron chi connectivity index (χ2n) is 9.31. The first-order chi connectivity index (χ1) is 16.9. The Bertz CT molecular complexity index is 994. The molecule has 1 aliphatic heterocycles. The molecule has 192 valence electrons. The molecule has 7 heteroatoms. The van der Waals surface area contributed by atoms with E-state index < -0.39 is 5.91 Å². The number of ether oxygens (including phenoxy) is 2. The first-order valence-electron chi connectivity index (χ1n) is 12.8. The summed E-state index contributed by atoms with van der Waals surface area (Å²) < 4.78 is 11.7. The summed E-state index contributed by atoms with van der Waals surface area (Å²) in [7, 11) is 0. The zero-order chi connectivity index (χ0) is 25.4. The van der Waals surface area contributed by atoms with Crippen LogP contribution in [-0.2, 0) is 19.3 Å². The molecule has 0 aromatic heterocycles. The van der Waals surface area contributed by atoms with E-state index in [4.69, 9.17) is 15.2 Å². The van der Waals surface area contributed by atoms with E-state index in [1.54, 1.807) is 0 Å². The zero-order valence-corrected chi connectivity index (χ0v) is 21.6. The quantitative estimate of drug-likeness (QED) is 0.356. The van der Waals surface area contributed by atoms with Gasteiger partial charge in [0, 0.05) is 31.8 Å². The van der Waals surface area contributed by atoms with Crippen molar-refractivity contribution in [2.45, 2.75) is 65.5 Å². The maximum Gasteiger partial charge on any atom is 0.250 e. The fourth-order valence-electron chi connectivity index (χ4n) is 4.84. The van der Waals surface area contributed by atoms with Crippen molar-refractivity contribution in [1.29, 1.82) is 0 Å². The number of aliphatic hydroxyl groups excluding tert-OH is 1. The predicted molar refractivity (Wildman–Crippen MR) is 141 cm³/mol. The number of hydrogen-bond acceptors (Lipinski definition) is 6. The lowest BCUT2D eigenvalue weighted by atomic mass is 9.97. The van der Waals surface area contributed by atoms with Crippen LogP contribution in [0.5, 0.6) is 11.5 Å². The summed E-state index contributed by atoms with van der Waals surface area (Å²) in [4.78, 5) is 14.5. The first kappa shape index (κ1) is 26.8. The molecule has 1 aliphatic rings. The van der Waals surface area contributed by atoms with Crippen molar-refractivity contribution in [2.24, 2.45) is 5.73 Å². The highest BCUT2D eigenvalue weighted by Gasteiger charge is 2.30. The van der Waals surface area contributed by atoms with Gasteiger partial charge in [-0.3, -0.25) is 4.79 Å². The summed E-state index contributed by atoms with van der Waals surface area (Å²) in [5.74, 6) is 1.15. The number of nitrogens with zero attached hydrogens (tertiary/aromatic N) is 1. The van der Waals surface area contributed by atoms with Crippen LogP contribution in [0.4, 0.5) is 5.69 Å². The van der Waals surface area contributed by atoms with Gasteiger partial charge in [0.25, 0.3) is 5.91 Å². The standard InChI is InChI=1S/C28H41N3O4/c1-5-21-8-9-25(26(18-21)34-6-2)35-13-10-30-19(3)14-22-16-23-15-20(4)31(11-7-12-32)27(23)24(17-22)28(29)33/h8-9,16-20,30,32H,5-7,10-15H2,1-4H3,(H2,29,33). The van der Waals surface area contributed by atoms with Crippen molar-refractivity contribution in [3.63, 3.8) is 0 Å². The van der Waals surface area contributed by atoms with Crippen LogP contribution in [0.15, 0.2) is 30.3 Å². The van der Waals surface area contributed by atoms with E-state index in [2.05, 4.69) is 43.1 Å². The molecule has 1 heterocycles. The number of fused-ring (bicyclic) bond motifs is 1. The summed E-state index contributed by atoms with van der Waals surface area (Å²) in [6.07, 6.45) is 3.29. The minimum absolute atomic E-state index is 0.131. The second-order valence-corrected chi connectivity index (χ2v) is 9.31. The highest BCUT2D eigenvalue weighted by molar-refractivity contribution is 6.00. The molecule has 35 heavy (non-hydrogen) atoms. The third-order valence-corrected chi connectivity index (χ3v) is 6.52. The Morgan fingerprint density at radius 1 is 1.20 bits per heavy atom. The minimum Gasteiger partial charge on any atom is -0.490 e. The topological polar surface area (TPSA) is 97.1 Å². The van der Waals surface area contributed by atoms with Gasteiger partial charge in [-0.1, -0.05) is 19.1 Å². The number of aliphatic hydroxyl groups is 1. The van der Waals surface area contributed by atoms with Crippen molar-refractivity contribution in [3.8, 4) is 11.5 Å². The lowest BCUT2D eigenvalue weighted by Gasteiger charge is -2.26. The minimum atomic E-state index is -0.403. The van der Waals surface area contributed by atoms with Crippen molar-refractivity contribution >= 4 is 11.6 Å². The number of nitrogens with two attached hydrogens (primary N) is 1. The number of aryl methyl sites for hydroxylation is 1. The van der Waals surface area contributed by atoms with Crippen LogP contribution < -0.4 is 25.4 Å². The largest absolute Gasteiger partial charge is 0.490 e. The molecular formula is C28H41N3O4. The normalized spacial score (nSPS) is 15.7. The second kappa shape index (κ2) is 12.8. The number of carbonyl (C=O) groups excluding carboxylic acids is 1. The molecular weight excluding hydrogens is 442 g/mol. The number of carbonyl (C=O) groups is 1. The molecule has 2 aromatic carbocycles. The third-order valence-electron chi connectivity index (χ3n) is 6.52. The molecule has 0 radical (unpaired) electrons. The number of anilines is 1. The van der Waals surface area contributed by atoms with Crippen LogP contribution in [0.3, 0.4) is 0 Å². The Balaban J connectivity index is 1.59. The van der Waals surface area contributed by atoms with Crippen molar-refractivity contribution in [3.05, 3.63) is 52.6 Å². The molecule has 0 aliphatic carbocycles. The Hall–Kier alpha value is -2.77. The number of hydrogen-bond donors (Lipinski definition) is 3. The molecule has 1 amide bonds. The van der Waals surface area contributed by atoms with Gasteiger partial charge in [0.05, 0.1) is 17.9 Å². The Morgan fingerprint density at radius 3 is 2.69 bits per heavy atom. The van der Waals surface area contributed by atoms with E-state index in [1.807, 2.05) is 25.1 Å². The summed E-state index contributed by atoms with van der Waals surface area (Å²) in [6.45, 7) is 11.1. The van der Waals surface area contributed by atoms with Crippen molar-refractivity contribution < 1.29 is 19.4 Å². The molecule has 0 spiro atoms. The number of rotatable bonds is 14. The van der Waals surface area contributed by atoms with Crippen molar-refractivity contribution in [2.75, 3.05) is 37.8 Å². The third kappa shape index (κ3) is 6.89. The van der Waals surface area contributed by atoms with Gasteiger partial charge in [-0.15, -0.1) is 0 Å². The Morgan fingerprint density at radius 2 is 2.00 bits per heavy atom. The van der Waals surface area contributed by atoms with Crippen LogP contribution >= 0.6 is 0 Å². The molecule has 0 saturated carbocycles. The monoisotopic (exact) mass is 483 g/mol. The van der Waals surface area contributed by atoms with Crippen LogP contribution in [0, 0.1) is 0 Å². The highest BCUT2D eigenvalue weighted by atomic mass is 16.5. The molecule has 2 atom stereocenters. The Kier molecular flexibility index (Phi) is 9.81. The van der Waals surface area contributed by atoms with Gasteiger partial charge >= 0.3 is 0 Å². The summed E-state index contributed by atoms with van der Waals surface area (Å²) in [5, 5.41) is 12.8. The maximum absolute atomic E-state index is 12.3. The van der Waals surface area contributed by atoms with Gasteiger partial charge in [0.15, 0.2) is 11.5 Å². The molecule has 0 fully saturated rings. The van der Waals surface area contributed by atoms with E-state index >= 15 is 0 Å². The van der Waals surface area contributed by atoms with E-state index in [0.717, 1.165) is 47.6 Å². The molecule has 7 nitrogen and oxygen atoms in total. The molecule has 2 unspecified atom stereocenters. The van der Waals surface area contributed by atoms with Crippen LogP contribution in [0.1, 0.15) is 61.2 Å². The molecule has 2 aromatic rings. The van der Waals surface area contributed by atoms with Gasteiger partial charge in [0.2, 0.25) is 0 Å². The average Bonchev–Trinajstić information content (AvgIpc) is 3.15. The van der Waals surface area contributed by atoms with Gasteiger partial charge < -0.3 is 30.5 Å². The van der Waals surface area contributed by atoms with E-state index in [0.29, 0.717) is 38.3 Å². The Labute approximate surface area is 209 Å². The van der Waals surface area contributed by atoms with Gasteiger partial charge in [-0.25, -0.2) is 0 Å². The molecule has 0 bridgehead atoms. The molecule has 4 N–H and O–H groups in total. The predicted octanol–water partition coefficient (Wildman–Crippen LogP) is 3.48. The first-order valence-corrected chi connectivity index (χ1v) is 12.8. The number of nitrogens with one attached hydrogen (secondary N) is 1. The summed E-state index contributed by atoms with van der Waals surface area (Å²) >= 11 is 0. The van der Waals surface area contributed by atoms with Crippen molar-refractivity contribution in [1.82, 2.24) is 5.32 Å². The average molecular weight is 484 g/mol. The van der Waals surface area contributed by atoms with Crippen LogP contribution in [0.2, 0.25) is 0 Å². The lowest BCUT2D eigenvalue weighted by Crippen LogP contribution is -2.33. The molecule has 3 rings (SSSR count). The van der Waals surface area contributed by atoms with Gasteiger partial charge in [-0.2, -0.15) is 0 Å². The van der Waals surface area contributed by atoms with Gasteiger partial charge in [-0.05, 0) is 81.3 Å². The fraction of sp³-hybridized carbons (Fsp3) is 0.536. The maximum atomic E-state index is 12.3.